The minimum atomic E-state index is -0.156. The largest absolute Gasteiger partial charge is 0.398 e. The predicted octanol–water partition coefficient (Wildman–Crippen LogP) is 2.14. The van der Waals surface area contributed by atoms with Crippen LogP contribution >= 0.6 is 11.6 Å². The number of nitrogens with two attached hydrogens (primary N) is 1. The zero-order chi connectivity index (χ0) is 13.7. The molecule has 1 fully saturated rings. The fourth-order valence-corrected chi connectivity index (χ4v) is 2.50. The van der Waals surface area contributed by atoms with E-state index in [2.05, 4.69) is 10.2 Å². The third-order valence-corrected chi connectivity index (χ3v) is 3.66. The average molecular weight is 282 g/mol. The molecule has 1 aliphatic rings. The molecule has 4 nitrogen and oxygen atoms in total. The van der Waals surface area contributed by atoms with E-state index in [0.29, 0.717) is 22.8 Å². The van der Waals surface area contributed by atoms with E-state index in [-0.39, 0.29) is 5.91 Å². The Labute approximate surface area is 118 Å². The monoisotopic (exact) mass is 281 g/mol. The summed E-state index contributed by atoms with van der Waals surface area (Å²) in [5.41, 5.74) is 6.68. The van der Waals surface area contributed by atoms with Gasteiger partial charge in [-0.25, -0.2) is 0 Å². The van der Waals surface area contributed by atoms with Crippen LogP contribution in [0, 0.1) is 0 Å². The number of likely N-dealkylation sites (tertiary alicyclic amines) is 1. The number of amides is 1. The zero-order valence-electron chi connectivity index (χ0n) is 11.0. The second-order valence-electron chi connectivity index (χ2n) is 4.89. The molecule has 0 atom stereocenters. The van der Waals surface area contributed by atoms with Crippen LogP contribution in [0.1, 0.15) is 29.6 Å². The smallest absolute Gasteiger partial charge is 0.253 e. The molecular weight excluding hydrogens is 262 g/mol. The predicted molar refractivity (Wildman–Crippen MR) is 78.5 cm³/mol. The van der Waals surface area contributed by atoms with Crippen molar-refractivity contribution in [3.05, 3.63) is 28.8 Å². The fourth-order valence-electron chi connectivity index (χ4n) is 2.33. The molecule has 1 aliphatic heterocycles. The number of nitrogen functional groups attached to an aromatic ring is 1. The van der Waals surface area contributed by atoms with Crippen molar-refractivity contribution < 1.29 is 4.79 Å². The molecule has 1 aromatic rings. The Hall–Kier alpha value is -1.26. The van der Waals surface area contributed by atoms with Crippen LogP contribution in [0.15, 0.2) is 18.2 Å². The van der Waals surface area contributed by atoms with E-state index in [1.54, 1.807) is 18.2 Å². The summed E-state index contributed by atoms with van der Waals surface area (Å²) in [5.74, 6) is -0.156. The molecule has 19 heavy (non-hydrogen) atoms. The van der Waals surface area contributed by atoms with Crippen molar-refractivity contribution in [1.82, 2.24) is 10.2 Å². The third-order valence-electron chi connectivity index (χ3n) is 3.42. The average Bonchev–Trinajstić information content (AvgIpc) is 2.42. The molecule has 0 radical (unpaired) electrons. The van der Waals surface area contributed by atoms with Crippen molar-refractivity contribution in [1.29, 1.82) is 0 Å². The summed E-state index contributed by atoms with van der Waals surface area (Å²) in [6.07, 6.45) is 3.84. The number of anilines is 1. The van der Waals surface area contributed by atoms with Gasteiger partial charge in [-0.05, 0) is 44.1 Å². The number of benzene rings is 1. The number of hydrogen-bond acceptors (Lipinski definition) is 3. The number of piperidine rings is 1. The van der Waals surface area contributed by atoms with E-state index >= 15 is 0 Å². The lowest BCUT2D eigenvalue weighted by Gasteiger charge is -2.26. The highest BCUT2D eigenvalue weighted by molar-refractivity contribution is 6.31. The third kappa shape index (κ3) is 4.11. The van der Waals surface area contributed by atoms with Gasteiger partial charge >= 0.3 is 0 Å². The van der Waals surface area contributed by atoms with Crippen molar-refractivity contribution in [3.8, 4) is 0 Å². The number of hydrogen-bond donors (Lipinski definition) is 2. The summed E-state index contributed by atoms with van der Waals surface area (Å²) in [5, 5.41) is 3.42. The Balaban J connectivity index is 1.82. The lowest BCUT2D eigenvalue weighted by atomic mass is 10.1. The first-order chi connectivity index (χ1) is 9.16. The summed E-state index contributed by atoms with van der Waals surface area (Å²) in [4.78, 5) is 14.4. The Morgan fingerprint density at radius 2 is 2.05 bits per heavy atom. The van der Waals surface area contributed by atoms with Gasteiger partial charge in [0.25, 0.3) is 5.91 Å². The molecular formula is C14H20ClN3O. The van der Waals surface area contributed by atoms with Gasteiger partial charge in [-0.15, -0.1) is 0 Å². The minimum Gasteiger partial charge on any atom is -0.398 e. The molecule has 1 saturated heterocycles. The van der Waals surface area contributed by atoms with Gasteiger partial charge in [0.2, 0.25) is 0 Å². The minimum absolute atomic E-state index is 0.156. The molecule has 0 unspecified atom stereocenters. The van der Waals surface area contributed by atoms with Crippen molar-refractivity contribution in [3.63, 3.8) is 0 Å². The van der Waals surface area contributed by atoms with Crippen LogP contribution in [0.25, 0.3) is 0 Å². The van der Waals surface area contributed by atoms with E-state index in [1.807, 2.05) is 0 Å². The van der Waals surface area contributed by atoms with E-state index in [1.165, 1.54) is 19.3 Å². The number of carbonyl (C=O) groups is 1. The number of halogens is 1. The first kappa shape index (κ1) is 14.2. The van der Waals surface area contributed by atoms with E-state index in [0.717, 1.165) is 19.6 Å². The quantitative estimate of drug-likeness (QED) is 0.832. The Morgan fingerprint density at radius 1 is 1.32 bits per heavy atom. The van der Waals surface area contributed by atoms with Gasteiger partial charge in [0.1, 0.15) is 0 Å². The maximum atomic E-state index is 12.0. The first-order valence-corrected chi connectivity index (χ1v) is 7.10. The van der Waals surface area contributed by atoms with Crippen LogP contribution in [0.5, 0.6) is 0 Å². The number of nitrogens with zero attached hydrogens (tertiary/aromatic N) is 1. The molecule has 1 aromatic carbocycles. The van der Waals surface area contributed by atoms with Crippen molar-refractivity contribution in [2.75, 3.05) is 31.9 Å². The Bertz CT molecular complexity index is 444. The molecule has 0 aromatic heterocycles. The highest BCUT2D eigenvalue weighted by atomic mass is 35.5. The molecule has 3 N–H and O–H groups in total. The van der Waals surface area contributed by atoms with Crippen LogP contribution in [0.4, 0.5) is 5.69 Å². The molecule has 104 valence electrons. The van der Waals surface area contributed by atoms with Gasteiger partial charge in [0, 0.05) is 23.8 Å². The van der Waals surface area contributed by atoms with Crippen LogP contribution in [0.3, 0.4) is 0 Å². The Morgan fingerprint density at radius 3 is 2.79 bits per heavy atom. The molecule has 5 heteroatoms. The lowest BCUT2D eigenvalue weighted by Crippen LogP contribution is -2.37. The standard InChI is InChI=1S/C14H20ClN3O/c15-11-4-5-13(16)12(10-11)14(19)17-6-9-18-7-2-1-3-8-18/h4-5,10H,1-3,6-9,16H2,(H,17,19). The van der Waals surface area contributed by atoms with Gasteiger partial charge in [-0.1, -0.05) is 18.0 Å². The molecule has 1 heterocycles. The molecule has 0 bridgehead atoms. The van der Waals surface area contributed by atoms with Gasteiger partial charge in [-0.2, -0.15) is 0 Å². The van der Waals surface area contributed by atoms with Crippen LogP contribution in [-0.4, -0.2) is 37.0 Å². The summed E-state index contributed by atoms with van der Waals surface area (Å²) in [6.45, 7) is 3.81. The normalized spacial score (nSPS) is 16.3. The van der Waals surface area contributed by atoms with Crippen LogP contribution in [-0.2, 0) is 0 Å². The number of nitrogens with one attached hydrogen (secondary N) is 1. The highest BCUT2D eigenvalue weighted by Crippen LogP contribution is 2.17. The fraction of sp³-hybridized carbons (Fsp3) is 0.500. The number of rotatable bonds is 4. The van der Waals surface area contributed by atoms with Gasteiger partial charge in [-0.3, -0.25) is 4.79 Å². The molecule has 0 aliphatic carbocycles. The summed E-state index contributed by atoms with van der Waals surface area (Å²) in [6, 6.07) is 4.94. The van der Waals surface area contributed by atoms with Crippen LogP contribution in [0.2, 0.25) is 5.02 Å². The topological polar surface area (TPSA) is 58.4 Å². The van der Waals surface area contributed by atoms with Gasteiger partial charge < -0.3 is 16.0 Å². The SMILES string of the molecule is Nc1ccc(Cl)cc1C(=O)NCCN1CCCCC1. The summed E-state index contributed by atoms with van der Waals surface area (Å²) in [7, 11) is 0. The van der Waals surface area contributed by atoms with Crippen LogP contribution < -0.4 is 11.1 Å². The van der Waals surface area contributed by atoms with Crippen molar-refractivity contribution in [2.24, 2.45) is 0 Å². The zero-order valence-corrected chi connectivity index (χ0v) is 11.7. The Kier molecular flexibility index (Phi) is 5.05. The van der Waals surface area contributed by atoms with E-state index < -0.39 is 0 Å². The molecule has 0 saturated carbocycles. The van der Waals surface area contributed by atoms with Crippen molar-refractivity contribution >= 4 is 23.2 Å². The summed E-state index contributed by atoms with van der Waals surface area (Å²) >= 11 is 5.87. The summed E-state index contributed by atoms with van der Waals surface area (Å²) < 4.78 is 0. The molecule has 0 spiro atoms. The van der Waals surface area contributed by atoms with E-state index in [9.17, 15) is 4.79 Å². The second-order valence-corrected chi connectivity index (χ2v) is 5.33. The lowest BCUT2D eigenvalue weighted by molar-refractivity contribution is 0.0947. The second kappa shape index (κ2) is 6.78. The highest BCUT2D eigenvalue weighted by Gasteiger charge is 2.12. The van der Waals surface area contributed by atoms with Gasteiger partial charge in [0.15, 0.2) is 0 Å². The molecule has 1 amide bonds. The maximum Gasteiger partial charge on any atom is 0.253 e. The molecule has 2 rings (SSSR count). The van der Waals surface area contributed by atoms with Gasteiger partial charge in [0.05, 0.1) is 5.56 Å². The number of carbonyl (C=O) groups excluding carboxylic acids is 1. The first-order valence-electron chi connectivity index (χ1n) is 6.72. The van der Waals surface area contributed by atoms with Crippen molar-refractivity contribution in [2.45, 2.75) is 19.3 Å². The maximum absolute atomic E-state index is 12.0. The van der Waals surface area contributed by atoms with E-state index in [4.69, 9.17) is 17.3 Å².